The van der Waals surface area contributed by atoms with Crippen molar-refractivity contribution in [2.24, 2.45) is 0 Å². The van der Waals surface area contributed by atoms with Crippen LogP contribution in [-0.4, -0.2) is 7.05 Å². The van der Waals surface area contributed by atoms with Crippen LogP contribution < -0.4 is 5.32 Å². The van der Waals surface area contributed by atoms with Crippen LogP contribution >= 0.6 is 23.2 Å². The van der Waals surface area contributed by atoms with Crippen LogP contribution in [0.2, 0.25) is 10.0 Å². The molecule has 0 saturated carbocycles. The van der Waals surface area contributed by atoms with E-state index >= 15 is 0 Å². The Balaban J connectivity index is 3.25. The van der Waals surface area contributed by atoms with E-state index in [0.29, 0.717) is 10.0 Å². The van der Waals surface area contributed by atoms with Crippen LogP contribution in [0.3, 0.4) is 0 Å². The van der Waals surface area contributed by atoms with Crippen LogP contribution in [0.15, 0.2) is 12.1 Å². The molecule has 11 heavy (non-hydrogen) atoms. The standard InChI is InChI=1S/C8H8Cl2N/c1-5-3-6(9)4-7(10)8(5)11-2/h3-4H,1-2H3. The number of halogens is 2. The van der Waals surface area contributed by atoms with Crippen LogP contribution in [0.5, 0.6) is 0 Å². The molecule has 0 heterocycles. The number of benzene rings is 1. The van der Waals surface area contributed by atoms with E-state index in [2.05, 4.69) is 5.32 Å². The van der Waals surface area contributed by atoms with Crippen molar-refractivity contribution in [2.75, 3.05) is 7.05 Å². The Labute approximate surface area is 76.3 Å². The summed E-state index contributed by atoms with van der Waals surface area (Å²) >= 11 is 11.6. The Morgan fingerprint density at radius 3 is 2.36 bits per heavy atom. The quantitative estimate of drug-likeness (QED) is 0.644. The zero-order chi connectivity index (χ0) is 8.43. The monoisotopic (exact) mass is 188 g/mol. The Kier molecular flexibility index (Phi) is 2.63. The molecule has 0 spiro atoms. The molecule has 0 saturated heterocycles. The molecular weight excluding hydrogens is 181 g/mol. The largest absolute Gasteiger partial charge is 0.287 e. The summed E-state index contributed by atoms with van der Waals surface area (Å²) in [5, 5.41) is 5.28. The average Bonchev–Trinajstić information content (AvgIpc) is 1.85. The van der Waals surface area contributed by atoms with Crippen molar-refractivity contribution in [3.63, 3.8) is 0 Å². The van der Waals surface area contributed by atoms with Gasteiger partial charge in [-0.05, 0) is 24.6 Å². The first kappa shape index (κ1) is 8.69. The van der Waals surface area contributed by atoms with Crippen molar-refractivity contribution in [1.29, 1.82) is 0 Å². The fourth-order valence-corrected chi connectivity index (χ4v) is 1.66. The Morgan fingerprint density at radius 1 is 1.27 bits per heavy atom. The van der Waals surface area contributed by atoms with Gasteiger partial charge in [0.05, 0.1) is 10.7 Å². The molecule has 1 radical (unpaired) electrons. The van der Waals surface area contributed by atoms with E-state index in [1.807, 2.05) is 13.0 Å². The predicted molar refractivity (Wildman–Crippen MR) is 48.9 cm³/mol. The SMILES string of the molecule is C[N]c1c(C)cc(Cl)cc1Cl. The Hall–Kier alpha value is -0.400. The molecule has 0 N–H and O–H groups in total. The molecule has 3 heteroatoms. The summed E-state index contributed by atoms with van der Waals surface area (Å²) in [5.74, 6) is 0. The number of rotatable bonds is 1. The van der Waals surface area contributed by atoms with Gasteiger partial charge in [0, 0.05) is 12.1 Å². The Bertz CT molecular complexity index is 248. The Morgan fingerprint density at radius 2 is 1.91 bits per heavy atom. The minimum atomic E-state index is 0.609. The molecule has 0 bridgehead atoms. The van der Waals surface area contributed by atoms with E-state index in [9.17, 15) is 0 Å². The first-order valence-electron chi connectivity index (χ1n) is 3.20. The first-order valence-corrected chi connectivity index (χ1v) is 3.96. The molecule has 0 fully saturated rings. The number of hydrogen-bond acceptors (Lipinski definition) is 0. The topological polar surface area (TPSA) is 14.1 Å². The van der Waals surface area contributed by atoms with E-state index in [1.165, 1.54) is 0 Å². The lowest BCUT2D eigenvalue weighted by Crippen LogP contribution is -1.91. The maximum atomic E-state index is 5.86. The fraction of sp³-hybridized carbons (Fsp3) is 0.250. The summed E-state index contributed by atoms with van der Waals surface area (Å²) in [7, 11) is 1.71. The van der Waals surface area contributed by atoms with E-state index in [1.54, 1.807) is 13.1 Å². The maximum Gasteiger partial charge on any atom is 0.0787 e. The van der Waals surface area contributed by atoms with Gasteiger partial charge in [-0.2, -0.15) is 0 Å². The van der Waals surface area contributed by atoms with Gasteiger partial charge in [-0.3, -0.25) is 5.32 Å². The van der Waals surface area contributed by atoms with E-state index in [4.69, 9.17) is 23.2 Å². The van der Waals surface area contributed by atoms with Crippen molar-refractivity contribution in [3.05, 3.63) is 27.7 Å². The molecule has 0 unspecified atom stereocenters. The minimum Gasteiger partial charge on any atom is -0.287 e. The second kappa shape index (κ2) is 3.33. The third-order valence-electron chi connectivity index (χ3n) is 1.44. The number of hydrogen-bond donors (Lipinski definition) is 0. The zero-order valence-corrected chi connectivity index (χ0v) is 7.87. The second-order valence-electron chi connectivity index (χ2n) is 2.28. The lowest BCUT2D eigenvalue weighted by atomic mass is 10.2. The van der Waals surface area contributed by atoms with Crippen LogP contribution in [0.25, 0.3) is 0 Å². The van der Waals surface area contributed by atoms with Crippen LogP contribution in [0.4, 0.5) is 5.69 Å². The van der Waals surface area contributed by atoms with Crippen molar-refractivity contribution in [1.82, 2.24) is 5.32 Å². The van der Waals surface area contributed by atoms with Gasteiger partial charge in [0.2, 0.25) is 0 Å². The lowest BCUT2D eigenvalue weighted by molar-refractivity contribution is 1.07. The summed E-state index contributed by atoms with van der Waals surface area (Å²) in [4.78, 5) is 0. The normalized spacial score (nSPS) is 9.82. The number of nitrogens with zero attached hydrogens (tertiary/aromatic N) is 1. The molecule has 59 valence electrons. The fourth-order valence-electron chi connectivity index (χ4n) is 0.978. The molecule has 0 aromatic heterocycles. The summed E-state index contributed by atoms with van der Waals surface area (Å²) < 4.78 is 0. The van der Waals surface area contributed by atoms with Gasteiger partial charge < -0.3 is 0 Å². The summed E-state index contributed by atoms with van der Waals surface area (Å²) in [6.07, 6.45) is 0. The highest BCUT2D eigenvalue weighted by Gasteiger charge is 2.03. The highest BCUT2D eigenvalue weighted by molar-refractivity contribution is 6.36. The predicted octanol–water partition coefficient (Wildman–Crippen LogP) is 3.17. The third kappa shape index (κ3) is 1.79. The highest BCUT2D eigenvalue weighted by Crippen LogP contribution is 2.28. The first-order chi connectivity index (χ1) is 5.15. The van der Waals surface area contributed by atoms with E-state index < -0.39 is 0 Å². The van der Waals surface area contributed by atoms with Gasteiger partial charge in [-0.15, -0.1) is 0 Å². The van der Waals surface area contributed by atoms with Crippen molar-refractivity contribution in [2.45, 2.75) is 6.92 Å². The lowest BCUT2D eigenvalue weighted by Gasteiger charge is -2.04. The van der Waals surface area contributed by atoms with Gasteiger partial charge in [-0.25, -0.2) is 0 Å². The van der Waals surface area contributed by atoms with Gasteiger partial charge in [-0.1, -0.05) is 23.2 Å². The second-order valence-corrected chi connectivity index (χ2v) is 3.12. The van der Waals surface area contributed by atoms with Crippen LogP contribution in [-0.2, 0) is 0 Å². The third-order valence-corrected chi connectivity index (χ3v) is 1.95. The van der Waals surface area contributed by atoms with E-state index in [-0.39, 0.29) is 0 Å². The van der Waals surface area contributed by atoms with Gasteiger partial charge >= 0.3 is 0 Å². The smallest absolute Gasteiger partial charge is 0.0787 e. The molecular formula is C8H8Cl2N. The molecule has 1 nitrogen and oxygen atoms in total. The maximum absolute atomic E-state index is 5.86. The molecule has 0 aliphatic rings. The van der Waals surface area contributed by atoms with Gasteiger partial charge in [0.25, 0.3) is 0 Å². The van der Waals surface area contributed by atoms with Crippen LogP contribution in [0, 0.1) is 6.92 Å². The summed E-state index contributed by atoms with van der Waals surface area (Å²) in [5.41, 5.74) is 1.82. The zero-order valence-electron chi connectivity index (χ0n) is 6.36. The van der Waals surface area contributed by atoms with E-state index in [0.717, 1.165) is 11.3 Å². The average molecular weight is 189 g/mol. The molecule has 0 aliphatic carbocycles. The summed E-state index contributed by atoms with van der Waals surface area (Å²) in [6.45, 7) is 1.93. The van der Waals surface area contributed by atoms with Gasteiger partial charge in [0.15, 0.2) is 0 Å². The highest BCUT2D eigenvalue weighted by atomic mass is 35.5. The molecule has 0 atom stereocenters. The van der Waals surface area contributed by atoms with Crippen LogP contribution in [0.1, 0.15) is 5.56 Å². The molecule has 0 aliphatic heterocycles. The molecule has 1 aromatic carbocycles. The van der Waals surface area contributed by atoms with Gasteiger partial charge in [0.1, 0.15) is 0 Å². The molecule has 1 rings (SSSR count). The van der Waals surface area contributed by atoms with Crippen molar-refractivity contribution < 1.29 is 0 Å². The molecule has 0 amide bonds. The summed E-state index contributed by atoms with van der Waals surface area (Å²) in [6, 6.07) is 3.54. The molecule has 1 aromatic rings. The van der Waals surface area contributed by atoms with Crippen molar-refractivity contribution in [3.8, 4) is 0 Å². The minimum absolute atomic E-state index is 0.609. The number of aryl methyl sites for hydroxylation is 1. The van der Waals surface area contributed by atoms with Crippen molar-refractivity contribution >= 4 is 28.9 Å².